The van der Waals surface area contributed by atoms with Gasteiger partial charge in [0.15, 0.2) is 0 Å². The average Bonchev–Trinajstić information content (AvgIpc) is 2.71. The molecule has 1 atom stereocenters. The first-order chi connectivity index (χ1) is 6.38. The van der Waals surface area contributed by atoms with E-state index in [4.69, 9.17) is 0 Å². The summed E-state index contributed by atoms with van der Waals surface area (Å²) in [6.45, 7) is 0. The zero-order chi connectivity index (χ0) is 9.10. The minimum absolute atomic E-state index is 0.630. The zero-order valence-electron chi connectivity index (χ0n) is 6.79. The van der Waals surface area contributed by atoms with Crippen LogP contribution in [0.3, 0.4) is 0 Å². The summed E-state index contributed by atoms with van der Waals surface area (Å²) in [6, 6.07) is 3.56. The van der Waals surface area contributed by atoms with Crippen molar-refractivity contribution in [1.29, 1.82) is 0 Å². The molecule has 1 unspecified atom stereocenters. The van der Waals surface area contributed by atoms with E-state index in [0.717, 1.165) is 5.56 Å². The molecule has 13 heavy (non-hydrogen) atoms. The van der Waals surface area contributed by atoms with Gasteiger partial charge in [0, 0.05) is 17.8 Å². The number of hydrogen-bond donors (Lipinski definition) is 1. The fourth-order valence-corrected chi connectivity index (χ4v) is 1.65. The topological polar surface area (TPSA) is 46.0 Å². The van der Waals surface area contributed by atoms with Gasteiger partial charge in [0.1, 0.15) is 6.10 Å². The molecule has 0 aliphatic heterocycles. The number of pyridine rings is 1. The smallest absolute Gasteiger partial charge is 0.122 e. The molecule has 0 amide bonds. The predicted octanol–water partition coefficient (Wildman–Crippen LogP) is 1.62. The molecule has 0 radical (unpaired) electrons. The molecular weight excluding hydrogens is 184 g/mol. The van der Waals surface area contributed by atoms with Crippen LogP contribution in [0, 0.1) is 0 Å². The molecule has 2 rings (SSSR count). The van der Waals surface area contributed by atoms with Crippen molar-refractivity contribution < 1.29 is 5.11 Å². The molecular formula is C9H8N2OS. The van der Waals surface area contributed by atoms with Gasteiger partial charge in [-0.2, -0.15) is 0 Å². The van der Waals surface area contributed by atoms with Gasteiger partial charge in [-0.05, 0) is 17.7 Å². The van der Waals surface area contributed by atoms with Gasteiger partial charge in [0.2, 0.25) is 0 Å². The predicted molar refractivity (Wildman–Crippen MR) is 50.4 cm³/mol. The highest BCUT2D eigenvalue weighted by Crippen LogP contribution is 2.20. The summed E-state index contributed by atoms with van der Waals surface area (Å²) < 4.78 is 0. The molecule has 0 fully saturated rings. The van der Waals surface area contributed by atoms with Crippen LogP contribution in [0.2, 0.25) is 0 Å². The van der Waals surface area contributed by atoms with Crippen LogP contribution in [-0.2, 0) is 0 Å². The quantitative estimate of drug-likeness (QED) is 0.786. The molecule has 2 aromatic heterocycles. The standard InChI is InChI=1S/C9H8N2OS/c12-9(8-5-13-6-11-8)7-1-3-10-4-2-7/h1-6,9,12H. The maximum Gasteiger partial charge on any atom is 0.122 e. The first-order valence-corrected chi connectivity index (χ1v) is 4.78. The number of hydrogen-bond acceptors (Lipinski definition) is 4. The van der Waals surface area contributed by atoms with Gasteiger partial charge >= 0.3 is 0 Å². The molecule has 2 aromatic rings. The number of thiazole rings is 1. The van der Waals surface area contributed by atoms with Crippen LogP contribution in [0.25, 0.3) is 0 Å². The summed E-state index contributed by atoms with van der Waals surface area (Å²) in [7, 11) is 0. The molecule has 66 valence electrons. The molecule has 1 N–H and O–H groups in total. The van der Waals surface area contributed by atoms with Crippen LogP contribution in [0.5, 0.6) is 0 Å². The van der Waals surface area contributed by atoms with E-state index < -0.39 is 6.10 Å². The molecule has 0 saturated carbocycles. The Bertz CT molecular complexity index is 360. The third kappa shape index (κ3) is 1.74. The third-order valence-electron chi connectivity index (χ3n) is 1.75. The molecule has 3 nitrogen and oxygen atoms in total. The van der Waals surface area contributed by atoms with Crippen LogP contribution in [0.1, 0.15) is 17.4 Å². The van der Waals surface area contributed by atoms with Crippen LogP contribution in [0.4, 0.5) is 0 Å². The molecule has 0 spiro atoms. The molecule has 0 aromatic carbocycles. The number of aliphatic hydroxyl groups is 1. The van der Waals surface area contributed by atoms with Crippen LogP contribution in [0.15, 0.2) is 35.4 Å². The lowest BCUT2D eigenvalue weighted by molar-refractivity contribution is 0.216. The van der Waals surface area contributed by atoms with E-state index in [1.165, 1.54) is 11.3 Å². The van der Waals surface area contributed by atoms with Gasteiger partial charge in [-0.3, -0.25) is 4.98 Å². The second kappa shape index (κ2) is 3.64. The van der Waals surface area contributed by atoms with Crippen molar-refractivity contribution in [3.63, 3.8) is 0 Å². The van der Waals surface area contributed by atoms with Crippen LogP contribution >= 0.6 is 11.3 Å². The molecule has 0 bridgehead atoms. The van der Waals surface area contributed by atoms with E-state index >= 15 is 0 Å². The highest BCUT2D eigenvalue weighted by molar-refractivity contribution is 7.07. The van der Waals surface area contributed by atoms with Crippen molar-refractivity contribution in [3.05, 3.63) is 46.7 Å². The number of nitrogens with zero attached hydrogens (tertiary/aromatic N) is 2. The second-order valence-electron chi connectivity index (χ2n) is 2.60. The lowest BCUT2D eigenvalue weighted by atomic mass is 10.1. The molecule has 4 heteroatoms. The first-order valence-electron chi connectivity index (χ1n) is 3.84. The van der Waals surface area contributed by atoms with E-state index in [0.29, 0.717) is 5.69 Å². The second-order valence-corrected chi connectivity index (χ2v) is 3.32. The van der Waals surface area contributed by atoms with Crippen molar-refractivity contribution in [2.45, 2.75) is 6.10 Å². The highest BCUT2D eigenvalue weighted by atomic mass is 32.1. The monoisotopic (exact) mass is 192 g/mol. The Labute approximate surface area is 79.7 Å². The number of aliphatic hydroxyl groups excluding tert-OH is 1. The van der Waals surface area contributed by atoms with E-state index in [-0.39, 0.29) is 0 Å². The Hall–Kier alpha value is -1.26. The SMILES string of the molecule is OC(c1ccncc1)c1cscn1. The van der Waals surface area contributed by atoms with E-state index in [9.17, 15) is 5.11 Å². The zero-order valence-corrected chi connectivity index (χ0v) is 7.61. The van der Waals surface area contributed by atoms with E-state index in [2.05, 4.69) is 9.97 Å². The molecule has 0 aliphatic carbocycles. The average molecular weight is 192 g/mol. The minimum atomic E-state index is -0.630. The third-order valence-corrected chi connectivity index (χ3v) is 2.36. The van der Waals surface area contributed by atoms with Gasteiger partial charge < -0.3 is 5.11 Å². The normalized spacial score (nSPS) is 12.7. The Balaban J connectivity index is 2.29. The van der Waals surface area contributed by atoms with Crippen molar-refractivity contribution in [1.82, 2.24) is 9.97 Å². The summed E-state index contributed by atoms with van der Waals surface area (Å²) in [5.74, 6) is 0. The first kappa shape index (κ1) is 8.34. The van der Waals surface area contributed by atoms with Gasteiger partial charge in [0.05, 0.1) is 11.2 Å². The Morgan fingerprint density at radius 3 is 2.69 bits per heavy atom. The van der Waals surface area contributed by atoms with Gasteiger partial charge in [-0.15, -0.1) is 11.3 Å². The maximum atomic E-state index is 9.80. The summed E-state index contributed by atoms with van der Waals surface area (Å²) in [5.41, 5.74) is 3.22. The summed E-state index contributed by atoms with van der Waals surface area (Å²) in [6.07, 6.45) is 2.68. The maximum absolute atomic E-state index is 9.80. The summed E-state index contributed by atoms with van der Waals surface area (Å²) in [5, 5.41) is 11.6. The highest BCUT2D eigenvalue weighted by Gasteiger charge is 2.10. The largest absolute Gasteiger partial charge is 0.382 e. The van der Waals surface area contributed by atoms with Gasteiger partial charge in [-0.25, -0.2) is 4.98 Å². The Morgan fingerprint density at radius 1 is 1.31 bits per heavy atom. The van der Waals surface area contributed by atoms with Crippen molar-refractivity contribution >= 4 is 11.3 Å². The van der Waals surface area contributed by atoms with E-state index in [1.807, 2.05) is 5.38 Å². The number of rotatable bonds is 2. The molecule has 0 saturated heterocycles. The van der Waals surface area contributed by atoms with Crippen molar-refractivity contribution in [2.24, 2.45) is 0 Å². The van der Waals surface area contributed by atoms with Crippen LogP contribution in [-0.4, -0.2) is 15.1 Å². The lowest BCUT2D eigenvalue weighted by Crippen LogP contribution is -1.99. The van der Waals surface area contributed by atoms with Gasteiger partial charge in [0.25, 0.3) is 0 Å². The fraction of sp³-hybridized carbons (Fsp3) is 0.111. The van der Waals surface area contributed by atoms with Gasteiger partial charge in [-0.1, -0.05) is 0 Å². The van der Waals surface area contributed by atoms with Crippen LogP contribution < -0.4 is 0 Å². The minimum Gasteiger partial charge on any atom is -0.382 e. The Kier molecular flexibility index (Phi) is 2.33. The summed E-state index contributed by atoms with van der Waals surface area (Å²) in [4.78, 5) is 7.92. The summed E-state index contributed by atoms with van der Waals surface area (Å²) >= 11 is 1.48. The van der Waals surface area contributed by atoms with Crippen molar-refractivity contribution in [3.8, 4) is 0 Å². The lowest BCUT2D eigenvalue weighted by Gasteiger charge is -2.06. The molecule has 0 aliphatic rings. The number of aromatic nitrogens is 2. The molecule has 2 heterocycles. The Morgan fingerprint density at radius 2 is 2.08 bits per heavy atom. The van der Waals surface area contributed by atoms with E-state index in [1.54, 1.807) is 30.0 Å². The fourth-order valence-electron chi connectivity index (χ4n) is 1.07. The van der Waals surface area contributed by atoms with Crippen molar-refractivity contribution in [2.75, 3.05) is 0 Å².